The van der Waals surface area contributed by atoms with Crippen molar-refractivity contribution in [3.8, 4) is 11.8 Å². The van der Waals surface area contributed by atoms with Crippen LogP contribution in [0.1, 0.15) is 12.8 Å². The van der Waals surface area contributed by atoms with E-state index in [-0.39, 0.29) is 18.9 Å². The van der Waals surface area contributed by atoms with Gasteiger partial charge in [-0.15, -0.1) is 6.58 Å². The number of halogens is 1. The van der Waals surface area contributed by atoms with E-state index in [1.165, 1.54) is 0 Å². The molecule has 7 heteroatoms. The summed E-state index contributed by atoms with van der Waals surface area (Å²) in [6, 6.07) is 7.41. The first-order valence-corrected chi connectivity index (χ1v) is 7.27. The van der Waals surface area contributed by atoms with Crippen molar-refractivity contribution in [3.63, 3.8) is 0 Å². The Labute approximate surface area is 139 Å². The van der Waals surface area contributed by atoms with E-state index >= 15 is 0 Å². The maximum Gasteiger partial charge on any atom is 0.333 e. The lowest BCUT2D eigenvalue weighted by Crippen LogP contribution is -2.45. The van der Waals surface area contributed by atoms with Crippen LogP contribution in [0.4, 0.5) is 0 Å². The van der Waals surface area contributed by atoms with Crippen LogP contribution >= 0.6 is 11.6 Å². The first kappa shape index (κ1) is 18.5. The molecular weight excluding hydrogens is 320 g/mol. The number of carbonyl (C=O) groups is 2. The molecule has 6 nitrogen and oxygen atoms in total. The van der Waals surface area contributed by atoms with Crippen molar-refractivity contribution in [2.45, 2.75) is 18.9 Å². The highest BCUT2D eigenvalue weighted by Crippen LogP contribution is 2.23. The van der Waals surface area contributed by atoms with Crippen LogP contribution in [0, 0.1) is 11.3 Å². The molecule has 1 atom stereocenters. The van der Waals surface area contributed by atoms with Crippen molar-refractivity contribution in [3.05, 3.63) is 41.9 Å². The summed E-state index contributed by atoms with van der Waals surface area (Å²) >= 11 is 5.96. The fourth-order valence-corrected chi connectivity index (χ4v) is 1.80. The lowest BCUT2D eigenvalue weighted by atomic mass is 10.2. The molecule has 1 rings (SSSR count). The summed E-state index contributed by atoms with van der Waals surface area (Å²) in [5, 5.41) is 11.4. The van der Waals surface area contributed by atoms with Gasteiger partial charge in [0.2, 0.25) is 5.91 Å². The molecular formula is C16H17ClN2O4. The molecule has 23 heavy (non-hydrogen) atoms. The topological polar surface area (TPSA) is 88.4 Å². The lowest BCUT2D eigenvalue weighted by Gasteiger charge is -2.18. The maximum atomic E-state index is 11.9. The molecule has 0 saturated carbocycles. The first-order chi connectivity index (χ1) is 11.1. The summed E-state index contributed by atoms with van der Waals surface area (Å²) < 4.78 is 10.2. The lowest BCUT2D eigenvalue weighted by molar-refractivity contribution is -0.147. The van der Waals surface area contributed by atoms with E-state index in [2.05, 4.69) is 11.9 Å². The normalized spacial score (nSPS) is 11.0. The molecule has 0 aliphatic carbocycles. The van der Waals surface area contributed by atoms with Crippen molar-refractivity contribution in [2.24, 2.45) is 0 Å². The number of allylic oxidation sites excluding steroid dienone is 1. The largest absolute Gasteiger partial charge is 0.489 e. The highest BCUT2D eigenvalue weighted by Gasteiger charge is 2.23. The quantitative estimate of drug-likeness (QED) is 0.552. The summed E-state index contributed by atoms with van der Waals surface area (Å²) in [6.45, 7) is 2.97. The zero-order chi connectivity index (χ0) is 17.1. The second kappa shape index (κ2) is 10.2. The monoisotopic (exact) mass is 336 g/mol. The molecule has 0 spiro atoms. The number of amides is 1. The second-order valence-corrected chi connectivity index (χ2v) is 4.86. The van der Waals surface area contributed by atoms with Crippen molar-refractivity contribution in [1.29, 1.82) is 5.26 Å². The summed E-state index contributed by atoms with van der Waals surface area (Å²) in [5.41, 5.74) is 0. The predicted molar refractivity (Wildman–Crippen MR) is 84.9 cm³/mol. The highest BCUT2D eigenvalue weighted by atomic mass is 35.5. The van der Waals surface area contributed by atoms with Gasteiger partial charge in [0.25, 0.3) is 0 Å². The van der Waals surface area contributed by atoms with E-state index in [1.54, 1.807) is 36.4 Å². The third-order valence-corrected chi connectivity index (χ3v) is 3.03. The van der Waals surface area contributed by atoms with Crippen LogP contribution in [0.25, 0.3) is 0 Å². The Morgan fingerprint density at radius 3 is 2.83 bits per heavy atom. The minimum atomic E-state index is -1.03. The van der Waals surface area contributed by atoms with E-state index in [0.717, 1.165) is 0 Å². The van der Waals surface area contributed by atoms with Gasteiger partial charge >= 0.3 is 5.97 Å². The van der Waals surface area contributed by atoms with Gasteiger partial charge in [0.1, 0.15) is 18.4 Å². The third kappa shape index (κ3) is 6.85. The molecule has 0 aliphatic heterocycles. The van der Waals surface area contributed by atoms with E-state index in [0.29, 0.717) is 17.2 Å². The standard InChI is InChI=1S/C16H17ClN2O4/c1-2-3-8-15(20)19-13(16(21)22-10-9-18)11-23-14-7-5-4-6-12(14)17/h2,4-7,13H,1,3,8,10-11H2,(H,19,20)/t13-/m0/s1. The number of nitriles is 1. The van der Waals surface area contributed by atoms with Crippen molar-refractivity contribution in [2.75, 3.05) is 13.2 Å². The van der Waals surface area contributed by atoms with Gasteiger partial charge in [0.15, 0.2) is 12.6 Å². The van der Waals surface area contributed by atoms with E-state index in [9.17, 15) is 9.59 Å². The highest BCUT2D eigenvalue weighted by molar-refractivity contribution is 6.32. The number of nitrogens with zero attached hydrogens (tertiary/aromatic N) is 1. The molecule has 0 bridgehead atoms. The molecule has 1 aromatic carbocycles. The Kier molecular flexibility index (Phi) is 8.25. The number of carbonyl (C=O) groups excluding carboxylic acids is 2. The average molecular weight is 337 g/mol. The number of para-hydroxylation sites is 1. The SMILES string of the molecule is C=CCCC(=O)N[C@@H](COc1ccccc1Cl)C(=O)OCC#N. The number of nitrogens with one attached hydrogen (secondary N) is 1. The molecule has 0 aliphatic rings. The van der Waals surface area contributed by atoms with Crippen LogP contribution in [0.2, 0.25) is 5.02 Å². The van der Waals surface area contributed by atoms with Crippen LogP contribution in [0.5, 0.6) is 5.75 Å². The van der Waals surface area contributed by atoms with Gasteiger partial charge in [-0.25, -0.2) is 4.79 Å². The van der Waals surface area contributed by atoms with Gasteiger partial charge in [-0.05, 0) is 18.6 Å². The fraction of sp³-hybridized carbons (Fsp3) is 0.312. The predicted octanol–water partition coefficient (Wildman–Crippen LogP) is 2.24. The minimum Gasteiger partial charge on any atom is -0.489 e. The van der Waals surface area contributed by atoms with Crippen LogP contribution < -0.4 is 10.1 Å². The number of rotatable bonds is 9. The van der Waals surface area contributed by atoms with E-state index in [4.69, 9.17) is 26.3 Å². The number of benzene rings is 1. The summed E-state index contributed by atoms with van der Waals surface area (Å²) in [4.78, 5) is 23.7. The van der Waals surface area contributed by atoms with Crippen LogP contribution in [-0.4, -0.2) is 31.1 Å². The Morgan fingerprint density at radius 2 is 2.17 bits per heavy atom. The summed E-state index contributed by atoms with van der Waals surface area (Å²) in [7, 11) is 0. The smallest absolute Gasteiger partial charge is 0.333 e. The molecule has 0 fully saturated rings. The van der Waals surface area contributed by atoms with Crippen LogP contribution in [-0.2, 0) is 14.3 Å². The molecule has 0 unspecified atom stereocenters. The number of esters is 1. The Morgan fingerprint density at radius 1 is 1.43 bits per heavy atom. The van der Waals surface area contributed by atoms with E-state index < -0.39 is 18.6 Å². The number of hydrogen-bond donors (Lipinski definition) is 1. The summed E-state index contributed by atoms with van der Waals surface area (Å²) in [5.74, 6) is -0.704. The zero-order valence-electron chi connectivity index (χ0n) is 12.5. The van der Waals surface area contributed by atoms with Crippen molar-refractivity contribution >= 4 is 23.5 Å². The van der Waals surface area contributed by atoms with Gasteiger partial charge in [0, 0.05) is 6.42 Å². The molecule has 122 valence electrons. The third-order valence-electron chi connectivity index (χ3n) is 2.72. The molecule has 1 amide bonds. The van der Waals surface area contributed by atoms with Gasteiger partial charge < -0.3 is 14.8 Å². The van der Waals surface area contributed by atoms with Crippen LogP contribution in [0.3, 0.4) is 0 Å². The van der Waals surface area contributed by atoms with Gasteiger partial charge in [-0.1, -0.05) is 29.8 Å². The average Bonchev–Trinajstić information content (AvgIpc) is 2.55. The molecule has 0 aromatic heterocycles. The van der Waals surface area contributed by atoms with Crippen molar-refractivity contribution < 1.29 is 19.1 Å². The number of hydrogen-bond acceptors (Lipinski definition) is 5. The van der Waals surface area contributed by atoms with Gasteiger partial charge in [0.05, 0.1) is 5.02 Å². The van der Waals surface area contributed by atoms with E-state index in [1.807, 2.05) is 0 Å². The molecule has 0 heterocycles. The fourth-order valence-electron chi connectivity index (χ4n) is 1.61. The molecule has 1 N–H and O–H groups in total. The Hall–Kier alpha value is -2.52. The maximum absolute atomic E-state index is 11.9. The second-order valence-electron chi connectivity index (χ2n) is 4.45. The minimum absolute atomic E-state index is 0.159. The van der Waals surface area contributed by atoms with Crippen LogP contribution in [0.15, 0.2) is 36.9 Å². The molecule has 1 aromatic rings. The Bertz CT molecular complexity index is 598. The molecule has 0 radical (unpaired) electrons. The first-order valence-electron chi connectivity index (χ1n) is 6.89. The van der Waals surface area contributed by atoms with Gasteiger partial charge in [-0.3, -0.25) is 4.79 Å². The summed E-state index contributed by atoms with van der Waals surface area (Å²) in [6.07, 6.45) is 2.28. The Balaban J connectivity index is 2.68. The zero-order valence-corrected chi connectivity index (χ0v) is 13.2. The van der Waals surface area contributed by atoms with Crippen molar-refractivity contribution in [1.82, 2.24) is 5.32 Å². The van der Waals surface area contributed by atoms with Gasteiger partial charge in [-0.2, -0.15) is 5.26 Å². The molecule has 0 saturated heterocycles. The number of ether oxygens (including phenoxy) is 2.